The highest BCUT2D eigenvalue weighted by Gasteiger charge is 2.15. The van der Waals surface area contributed by atoms with Crippen LogP contribution >= 0.6 is 0 Å². The molecule has 0 unspecified atom stereocenters. The maximum absolute atomic E-state index is 12.0. The molecule has 0 spiro atoms. The van der Waals surface area contributed by atoms with Gasteiger partial charge in [-0.25, -0.2) is 0 Å². The van der Waals surface area contributed by atoms with E-state index in [1.165, 1.54) is 5.56 Å². The third-order valence-corrected chi connectivity index (χ3v) is 3.23. The maximum atomic E-state index is 12.0. The smallest absolute Gasteiger partial charge is 0.163 e. The lowest BCUT2D eigenvalue weighted by atomic mass is 9.88. The van der Waals surface area contributed by atoms with E-state index in [0.717, 1.165) is 24.8 Å². The summed E-state index contributed by atoms with van der Waals surface area (Å²) in [6.07, 6.45) is 8.48. The Hall–Kier alpha value is -1.37. The lowest BCUT2D eigenvalue weighted by molar-refractivity contribution is 0.0958. The Balaban J connectivity index is 1.97. The fourth-order valence-electron chi connectivity index (χ4n) is 2.16. The lowest BCUT2D eigenvalue weighted by Gasteiger charge is -2.16. The minimum absolute atomic E-state index is 0.292. The molecule has 0 saturated heterocycles. The Morgan fingerprint density at radius 2 is 2.00 bits per heavy atom. The predicted molar refractivity (Wildman–Crippen MR) is 66.6 cm³/mol. The first-order valence-corrected chi connectivity index (χ1v) is 6.00. The summed E-state index contributed by atoms with van der Waals surface area (Å²) < 4.78 is 0. The van der Waals surface area contributed by atoms with Crippen molar-refractivity contribution in [3.63, 3.8) is 0 Å². The molecule has 0 fully saturated rings. The van der Waals surface area contributed by atoms with Crippen molar-refractivity contribution in [3.8, 4) is 0 Å². The lowest BCUT2D eigenvalue weighted by Crippen LogP contribution is -2.10. The molecular formula is C15H18O. The van der Waals surface area contributed by atoms with Gasteiger partial charge in [0.2, 0.25) is 0 Å². The van der Waals surface area contributed by atoms with E-state index < -0.39 is 0 Å². The van der Waals surface area contributed by atoms with E-state index in [4.69, 9.17) is 0 Å². The van der Waals surface area contributed by atoms with E-state index in [-0.39, 0.29) is 0 Å². The number of carbonyl (C=O) groups excluding carboxylic acids is 1. The van der Waals surface area contributed by atoms with Gasteiger partial charge in [0.15, 0.2) is 5.78 Å². The molecule has 1 aromatic rings. The molecule has 0 amide bonds. The minimum Gasteiger partial charge on any atom is -0.294 e. The first-order valence-electron chi connectivity index (χ1n) is 6.00. The van der Waals surface area contributed by atoms with E-state index in [1.807, 2.05) is 31.2 Å². The highest BCUT2D eigenvalue weighted by Crippen LogP contribution is 2.23. The number of allylic oxidation sites excluding steroid dienone is 2. The predicted octanol–water partition coefficient (Wildman–Crippen LogP) is 3.92. The van der Waals surface area contributed by atoms with Gasteiger partial charge in [0.25, 0.3) is 0 Å². The summed E-state index contributed by atoms with van der Waals surface area (Å²) in [6.45, 7) is 2.04. The maximum Gasteiger partial charge on any atom is 0.163 e. The average molecular weight is 214 g/mol. The number of hydrogen-bond acceptors (Lipinski definition) is 1. The molecule has 2 rings (SSSR count). The number of carbonyl (C=O) groups is 1. The molecule has 0 aromatic heterocycles. The summed E-state index contributed by atoms with van der Waals surface area (Å²) in [6, 6.07) is 7.90. The van der Waals surface area contributed by atoms with Crippen LogP contribution in [0, 0.1) is 12.8 Å². The summed E-state index contributed by atoms with van der Waals surface area (Å²) in [5.74, 6) is 0.846. The van der Waals surface area contributed by atoms with Crippen molar-refractivity contribution in [1.29, 1.82) is 0 Å². The molecule has 1 aliphatic carbocycles. The van der Waals surface area contributed by atoms with Gasteiger partial charge in [-0.1, -0.05) is 42.0 Å². The average Bonchev–Trinajstić information content (AvgIpc) is 2.31. The number of hydrogen-bond donors (Lipinski definition) is 0. The van der Waals surface area contributed by atoms with Gasteiger partial charge in [-0.05, 0) is 32.1 Å². The van der Waals surface area contributed by atoms with Crippen molar-refractivity contribution in [2.24, 2.45) is 5.92 Å². The first-order chi connectivity index (χ1) is 7.75. The van der Waals surface area contributed by atoms with Crippen LogP contribution in [0.15, 0.2) is 36.4 Å². The Morgan fingerprint density at radius 3 is 2.62 bits per heavy atom. The van der Waals surface area contributed by atoms with E-state index in [0.29, 0.717) is 18.1 Å². The summed E-state index contributed by atoms with van der Waals surface area (Å²) in [5, 5.41) is 0. The van der Waals surface area contributed by atoms with Crippen LogP contribution in [0.1, 0.15) is 41.6 Å². The Kier molecular flexibility index (Phi) is 3.55. The van der Waals surface area contributed by atoms with Crippen molar-refractivity contribution in [3.05, 3.63) is 47.5 Å². The monoisotopic (exact) mass is 214 g/mol. The number of benzene rings is 1. The molecule has 0 aliphatic heterocycles. The van der Waals surface area contributed by atoms with Gasteiger partial charge >= 0.3 is 0 Å². The molecule has 1 heteroatoms. The SMILES string of the molecule is Cc1ccc(C(=O)C[C@H]2CC=CCC2)cc1. The third-order valence-electron chi connectivity index (χ3n) is 3.23. The summed E-state index contributed by atoms with van der Waals surface area (Å²) in [4.78, 5) is 12.0. The number of Topliss-reactive ketones (excluding diaryl/α,β-unsaturated/α-hetero) is 1. The Bertz CT molecular complexity index is 386. The normalized spacial score (nSPS) is 19.7. The standard InChI is InChI=1S/C15H18O/c1-12-7-9-14(10-8-12)15(16)11-13-5-3-2-4-6-13/h2-3,7-10,13H,4-6,11H2,1H3/t13-/m0/s1. The van der Waals surface area contributed by atoms with E-state index in [9.17, 15) is 4.79 Å². The van der Waals surface area contributed by atoms with Crippen LogP contribution in [-0.2, 0) is 0 Å². The quantitative estimate of drug-likeness (QED) is 0.550. The van der Waals surface area contributed by atoms with Crippen LogP contribution < -0.4 is 0 Å². The van der Waals surface area contributed by atoms with Gasteiger partial charge in [-0.3, -0.25) is 4.79 Å². The Morgan fingerprint density at radius 1 is 1.25 bits per heavy atom. The fraction of sp³-hybridized carbons (Fsp3) is 0.400. The van der Waals surface area contributed by atoms with E-state index in [2.05, 4.69) is 12.2 Å². The summed E-state index contributed by atoms with van der Waals surface area (Å²) in [7, 11) is 0. The van der Waals surface area contributed by atoms with Crippen molar-refractivity contribution in [1.82, 2.24) is 0 Å². The molecule has 0 saturated carbocycles. The molecule has 16 heavy (non-hydrogen) atoms. The van der Waals surface area contributed by atoms with Crippen molar-refractivity contribution in [2.75, 3.05) is 0 Å². The van der Waals surface area contributed by atoms with E-state index in [1.54, 1.807) is 0 Å². The zero-order valence-electron chi connectivity index (χ0n) is 9.78. The van der Waals surface area contributed by atoms with Crippen LogP contribution in [0.5, 0.6) is 0 Å². The van der Waals surface area contributed by atoms with Gasteiger partial charge in [-0.15, -0.1) is 0 Å². The van der Waals surface area contributed by atoms with Gasteiger partial charge < -0.3 is 0 Å². The number of ketones is 1. The molecule has 84 valence electrons. The zero-order valence-corrected chi connectivity index (χ0v) is 9.78. The van der Waals surface area contributed by atoms with Gasteiger partial charge in [0.1, 0.15) is 0 Å². The Labute approximate surface area is 97.2 Å². The van der Waals surface area contributed by atoms with Crippen LogP contribution in [-0.4, -0.2) is 5.78 Å². The van der Waals surface area contributed by atoms with Crippen LogP contribution in [0.4, 0.5) is 0 Å². The molecule has 1 aliphatic rings. The van der Waals surface area contributed by atoms with Crippen molar-refractivity contribution < 1.29 is 4.79 Å². The molecule has 0 bridgehead atoms. The summed E-state index contributed by atoms with van der Waals surface area (Å²) >= 11 is 0. The van der Waals surface area contributed by atoms with Crippen LogP contribution in [0.3, 0.4) is 0 Å². The molecule has 1 nitrogen and oxygen atoms in total. The molecule has 1 atom stereocenters. The third kappa shape index (κ3) is 2.82. The second-order valence-corrected chi connectivity index (χ2v) is 4.64. The zero-order chi connectivity index (χ0) is 11.4. The minimum atomic E-state index is 0.292. The highest BCUT2D eigenvalue weighted by atomic mass is 16.1. The van der Waals surface area contributed by atoms with Crippen molar-refractivity contribution >= 4 is 5.78 Å². The molecular weight excluding hydrogens is 196 g/mol. The second kappa shape index (κ2) is 5.11. The first kappa shape index (κ1) is 11.1. The second-order valence-electron chi connectivity index (χ2n) is 4.64. The van der Waals surface area contributed by atoms with Gasteiger partial charge in [-0.2, -0.15) is 0 Å². The fourth-order valence-corrected chi connectivity index (χ4v) is 2.16. The number of aryl methyl sites for hydroxylation is 1. The van der Waals surface area contributed by atoms with Crippen LogP contribution in [0.2, 0.25) is 0 Å². The summed E-state index contributed by atoms with van der Waals surface area (Å²) in [5.41, 5.74) is 2.07. The van der Waals surface area contributed by atoms with Gasteiger partial charge in [0, 0.05) is 12.0 Å². The highest BCUT2D eigenvalue weighted by molar-refractivity contribution is 5.96. The molecule has 0 N–H and O–H groups in total. The molecule has 0 heterocycles. The van der Waals surface area contributed by atoms with Crippen molar-refractivity contribution in [2.45, 2.75) is 32.6 Å². The largest absolute Gasteiger partial charge is 0.294 e. The number of rotatable bonds is 3. The van der Waals surface area contributed by atoms with E-state index >= 15 is 0 Å². The topological polar surface area (TPSA) is 17.1 Å². The molecule has 1 aromatic carbocycles. The van der Waals surface area contributed by atoms with Crippen LogP contribution in [0.25, 0.3) is 0 Å². The van der Waals surface area contributed by atoms with Gasteiger partial charge in [0.05, 0.1) is 0 Å². The molecule has 0 radical (unpaired) electrons.